The van der Waals surface area contributed by atoms with Crippen LogP contribution in [0.5, 0.6) is 5.75 Å². The fraction of sp³-hybridized carbons (Fsp3) is 0.489. The summed E-state index contributed by atoms with van der Waals surface area (Å²) in [6.07, 6.45) is 7.21. The summed E-state index contributed by atoms with van der Waals surface area (Å²) in [6, 6.07) is 29.3. The van der Waals surface area contributed by atoms with Crippen molar-refractivity contribution in [3.8, 4) is 5.75 Å². The zero-order chi connectivity index (χ0) is 42.7. The first-order valence-electron chi connectivity index (χ1n) is 19.2. The van der Waals surface area contributed by atoms with Crippen molar-refractivity contribution < 1.29 is 32.1 Å². The molecule has 0 bridgehead atoms. The lowest BCUT2D eigenvalue weighted by atomic mass is 10.2. The van der Waals surface area contributed by atoms with Crippen LogP contribution in [0.15, 0.2) is 97.1 Å². The van der Waals surface area contributed by atoms with Crippen molar-refractivity contribution in [3.63, 3.8) is 0 Å². The smallest absolute Gasteiger partial charge is 0.129 e. The van der Waals surface area contributed by atoms with Gasteiger partial charge in [0.15, 0.2) is 0 Å². The van der Waals surface area contributed by atoms with Crippen molar-refractivity contribution in [1.82, 2.24) is 10.2 Å². The zero-order valence-corrected chi connectivity index (χ0v) is 36.6. The van der Waals surface area contributed by atoms with E-state index >= 15 is 0 Å². The van der Waals surface area contributed by atoms with Gasteiger partial charge < -0.3 is 29.2 Å². The second-order valence-electron chi connectivity index (χ2n) is 14.0. The van der Waals surface area contributed by atoms with E-state index in [2.05, 4.69) is 36.0 Å². The van der Waals surface area contributed by atoms with Crippen molar-refractivity contribution in [3.05, 3.63) is 137 Å². The van der Waals surface area contributed by atoms with Crippen molar-refractivity contribution >= 4 is 0 Å². The number of rotatable bonds is 3. The van der Waals surface area contributed by atoms with Crippen LogP contribution in [0.1, 0.15) is 61.3 Å². The molecule has 1 saturated heterocycles. The van der Waals surface area contributed by atoms with Gasteiger partial charge in [-0.1, -0.05) is 98.1 Å². The Hall–Kier alpha value is -3.73. The van der Waals surface area contributed by atoms with Crippen LogP contribution in [0.4, 0.5) is 13.2 Å². The normalized spacial score (nSPS) is 14.3. The minimum Gasteiger partial charge on any atom is -0.496 e. The lowest BCUT2D eigenvalue weighted by molar-refractivity contribution is 0.0822. The van der Waals surface area contributed by atoms with E-state index in [1.54, 1.807) is 54.4 Å². The average molecular weight is 787 g/mol. The summed E-state index contributed by atoms with van der Waals surface area (Å²) in [6.45, 7) is 11.4. The zero-order valence-electron chi connectivity index (χ0n) is 36.6. The molecule has 3 fully saturated rings. The lowest BCUT2D eigenvalue weighted by Crippen LogP contribution is -2.07. The fourth-order valence-electron chi connectivity index (χ4n) is 3.68. The molecule has 1 unspecified atom stereocenters. The molecule has 0 aromatic heterocycles. The van der Waals surface area contributed by atoms with Gasteiger partial charge in [0.25, 0.3) is 0 Å². The molecular weight excluding hydrogens is 714 g/mol. The Kier molecular flexibility index (Phi) is 34.6. The van der Waals surface area contributed by atoms with Crippen LogP contribution >= 0.6 is 0 Å². The van der Waals surface area contributed by atoms with Crippen LogP contribution in [0, 0.1) is 51.1 Å². The Labute approximate surface area is 338 Å². The van der Waals surface area contributed by atoms with E-state index < -0.39 is 11.6 Å². The van der Waals surface area contributed by atoms with E-state index in [9.17, 15) is 13.2 Å². The van der Waals surface area contributed by atoms with Crippen molar-refractivity contribution in [2.24, 2.45) is 5.92 Å². The molecule has 2 saturated carbocycles. The first kappa shape index (κ1) is 54.4. The number of para-hydroxylation sites is 1. The van der Waals surface area contributed by atoms with Gasteiger partial charge in [0.1, 0.15) is 23.2 Å². The Morgan fingerprint density at radius 2 is 1.12 bits per heavy atom. The molecule has 3 aliphatic rings. The molecule has 4 aromatic rings. The van der Waals surface area contributed by atoms with Gasteiger partial charge in [-0.2, -0.15) is 0 Å². The number of nitrogens with one attached hydrogen (secondary N) is 1. The Bertz CT molecular complexity index is 1440. The highest BCUT2D eigenvalue weighted by Gasteiger charge is 2.17. The second-order valence-corrected chi connectivity index (χ2v) is 14.0. The summed E-state index contributed by atoms with van der Waals surface area (Å²) in [5.74, 6) is 0.887. The van der Waals surface area contributed by atoms with Crippen molar-refractivity contribution in [2.45, 2.75) is 78.9 Å². The van der Waals surface area contributed by atoms with Gasteiger partial charge in [-0.25, -0.2) is 13.2 Å². The van der Waals surface area contributed by atoms with Gasteiger partial charge in [0, 0.05) is 40.0 Å². The average Bonchev–Trinajstić information content (AvgIpc) is 4.12. The first-order chi connectivity index (χ1) is 26.6. The Morgan fingerprint density at radius 1 is 0.643 bits per heavy atom. The molecule has 7 rings (SSSR count). The number of methoxy groups -OCH3 is 3. The SMILES string of the molecule is CC1CC1.CN(C)C.CNC1CC1.COC.COC1CCOC1.COc1ccccc1C.Cc1ccc(F)cc1F.Cc1ccccc1.Cc1ccccc1F. The third-order valence-corrected chi connectivity index (χ3v) is 7.54. The Morgan fingerprint density at radius 3 is 1.38 bits per heavy atom. The van der Waals surface area contributed by atoms with Crippen LogP contribution in [0.3, 0.4) is 0 Å². The van der Waals surface area contributed by atoms with E-state index in [1.807, 2.05) is 88.5 Å². The van der Waals surface area contributed by atoms with Gasteiger partial charge in [0.05, 0.1) is 19.8 Å². The van der Waals surface area contributed by atoms with E-state index in [0.29, 0.717) is 17.2 Å². The number of benzene rings is 4. The van der Waals surface area contributed by atoms with Gasteiger partial charge in [-0.3, -0.25) is 0 Å². The third kappa shape index (κ3) is 35.9. The van der Waals surface area contributed by atoms with Gasteiger partial charge >= 0.3 is 0 Å². The predicted molar refractivity (Wildman–Crippen MR) is 230 cm³/mol. The standard InChI is InChI=1S/C8H10O.C7H6F2.C7H7F.C7H8.C5H10O2.C4H9N.C4H8.C3H9N.C2H6O/c1-7-5-3-4-6-8(7)9-2;1-5-2-3-6(8)4-7(5)9;1-6-4-2-3-5-7(6)8;1-7-5-3-2-4-6-7;1-6-5-2-3-7-4-5;1-5-4-2-3-4;1-4-2-3-4;1-4(2)3;1-3-2/h3-6H,1-2H3;2-4H,1H3;2-5H,1H3;2-6H,1H3;5H,2-4H2,1H3;4-5H,2-3H2,1H3;4H,2-3H2,1H3;1-3H3;1-2H3. The van der Waals surface area contributed by atoms with E-state index in [0.717, 1.165) is 43.4 Å². The van der Waals surface area contributed by atoms with E-state index in [-0.39, 0.29) is 5.82 Å². The molecule has 2 aliphatic carbocycles. The van der Waals surface area contributed by atoms with Crippen LogP contribution in [0.2, 0.25) is 0 Å². The number of ether oxygens (including phenoxy) is 4. The maximum atomic E-state index is 12.3. The molecule has 4 aromatic carbocycles. The summed E-state index contributed by atoms with van der Waals surface area (Å²) < 4.78 is 56.1. The second kappa shape index (κ2) is 35.7. The summed E-state index contributed by atoms with van der Waals surface area (Å²) in [7, 11) is 14.7. The van der Waals surface area contributed by atoms with Gasteiger partial charge in [-0.05, 0) is 116 Å². The van der Waals surface area contributed by atoms with Crippen LogP contribution in [0.25, 0.3) is 0 Å². The van der Waals surface area contributed by atoms with E-state index in [1.165, 1.54) is 55.0 Å². The molecule has 0 spiro atoms. The predicted octanol–water partition coefficient (Wildman–Crippen LogP) is 11.1. The number of nitrogens with zero attached hydrogens (tertiary/aromatic N) is 1. The lowest BCUT2D eigenvalue weighted by Gasteiger charge is -2.00. The minimum absolute atomic E-state index is 0.132. The fourth-order valence-corrected chi connectivity index (χ4v) is 3.68. The quantitative estimate of drug-likeness (QED) is 0.223. The van der Waals surface area contributed by atoms with Crippen LogP contribution in [-0.4, -0.2) is 86.9 Å². The van der Waals surface area contributed by atoms with Gasteiger partial charge in [0.2, 0.25) is 0 Å². The highest BCUT2D eigenvalue weighted by atomic mass is 19.1. The van der Waals surface area contributed by atoms with Gasteiger partial charge in [-0.15, -0.1) is 0 Å². The third-order valence-electron chi connectivity index (χ3n) is 7.54. The first-order valence-corrected chi connectivity index (χ1v) is 19.2. The molecule has 1 heterocycles. The number of aryl methyl sites for hydroxylation is 4. The molecule has 1 atom stereocenters. The molecule has 0 radical (unpaired) electrons. The highest BCUT2D eigenvalue weighted by Crippen LogP contribution is 2.26. The molecule has 1 N–H and O–H groups in total. The summed E-state index contributed by atoms with van der Waals surface area (Å²) in [5.41, 5.74) is 3.67. The highest BCUT2D eigenvalue weighted by molar-refractivity contribution is 5.31. The van der Waals surface area contributed by atoms with E-state index in [4.69, 9.17) is 14.2 Å². The molecule has 9 heteroatoms. The number of halogens is 3. The number of hydrogen-bond donors (Lipinski definition) is 1. The topological polar surface area (TPSA) is 52.2 Å². The van der Waals surface area contributed by atoms with Crippen molar-refractivity contribution in [2.75, 3.05) is 69.8 Å². The molecule has 56 heavy (non-hydrogen) atoms. The summed E-state index contributed by atoms with van der Waals surface area (Å²) in [4.78, 5) is 2.00. The Balaban J connectivity index is 0. The molecule has 6 nitrogen and oxygen atoms in total. The monoisotopic (exact) mass is 787 g/mol. The van der Waals surface area contributed by atoms with Crippen LogP contribution in [-0.2, 0) is 14.2 Å². The molecular formula is C47H73F3N2O4. The largest absolute Gasteiger partial charge is 0.496 e. The molecule has 0 amide bonds. The molecule has 316 valence electrons. The number of hydrogen-bond acceptors (Lipinski definition) is 6. The van der Waals surface area contributed by atoms with Crippen LogP contribution < -0.4 is 10.1 Å². The summed E-state index contributed by atoms with van der Waals surface area (Å²) in [5, 5.41) is 3.14. The van der Waals surface area contributed by atoms with Crippen molar-refractivity contribution in [1.29, 1.82) is 0 Å². The minimum atomic E-state index is -0.530. The molecule has 1 aliphatic heterocycles. The summed E-state index contributed by atoms with van der Waals surface area (Å²) >= 11 is 0. The maximum absolute atomic E-state index is 12.3. The maximum Gasteiger partial charge on any atom is 0.129 e.